The van der Waals surface area contributed by atoms with E-state index >= 15 is 0 Å². The van der Waals surface area contributed by atoms with Gasteiger partial charge in [0.1, 0.15) is 0 Å². The fraction of sp³-hybridized carbons (Fsp3) is 0.278. The molecule has 0 aromatic heterocycles. The average molecular weight is 314 g/mol. The van der Waals surface area contributed by atoms with Crippen LogP contribution in [-0.2, 0) is 0 Å². The minimum atomic E-state index is -0.132. The van der Waals surface area contributed by atoms with E-state index in [1.54, 1.807) is 32.4 Å². The Bertz CT molecular complexity index is 644. The zero-order valence-electron chi connectivity index (χ0n) is 13.7. The first kappa shape index (κ1) is 16.7. The Morgan fingerprint density at radius 2 is 1.74 bits per heavy atom. The summed E-state index contributed by atoms with van der Waals surface area (Å²) in [5.41, 5.74) is 1.66. The number of carbonyl (C=O) groups excluding carboxylic acids is 1. The summed E-state index contributed by atoms with van der Waals surface area (Å²) < 4.78 is 10.4. The predicted octanol–water partition coefficient (Wildman–Crippen LogP) is 2.57. The fourth-order valence-corrected chi connectivity index (χ4v) is 2.23. The standard InChI is InChI=1S/C18H22N2O3/c1-20(15-7-5-4-6-8-15)12-11-19-18(21)14-9-10-16(22-2)17(13-14)23-3/h4-10,13H,11-12H2,1-3H3,(H,19,21). The molecule has 0 aliphatic carbocycles. The van der Waals surface area contributed by atoms with Gasteiger partial charge in [0.25, 0.3) is 5.91 Å². The molecule has 0 aliphatic rings. The Kier molecular flexibility index (Phi) is 5.86. The molecule has 23 heavy (non-hydrogen) atoms. The summed E-state index contributed by atoms with van der Waals surface area (Å²) in [6, 6.07) is 15.2. The van der Waals surface area contributed by atoms with Crippen molar-refractivity contribution in [2.24, 2.45) is 0 Å². The van der Waals surface area contributed by atoms with Gasteiger partial charge in [-0.1, -0.05) is 18.2 Å². The molecular weight excluding hydrogens is 292 g/mol. The van der Waals surface area contributed by atoms with Crippen molar-refractivity contribution in [3.05, 3.63) is 54.1 Å². The molecule has 2 aromatic rings. The zero-order valence-corrected chi connectivity index (χ0v) is 13.7. The molecule has 1 N–H and O–H groups in total. The number of methoxy groups -OCH3 is 2. The SMILES string of the molecule is COc1ccc(C(=O)NCCN(C)c2ccccc2)cc1OC. The number of nitrogens with one attached hydrogen (secondary N) is 1. The Hall–Kier alpha value is -2.69. The number of rotatable bonds is 7. The maximum Gasteiger partial charge on any atom is 0.251 e. The molecule has 0 radical (unpaired) electrons. The van der Waals surface area contributed by atoms with Crippen LogP contribution >= 0.6 is 0 Å². The van der Waals surface area contributed by atoms with Crippen LogP contribution in [0.5, 0.6) is 11.5 Å². The summed E-state index contributed by atoms with van der Waals surface area (Å²) in [5, 5.41) is 2.91. The van der Waals surface area contributed by atoms with Crippen molar-refractivity contribution in [2.45, 2.75) is 0 Å². The minimum absolute atomic E-state index is 0.132. The average Bonchev–Trinajstić information content (AvgIpc) is 2.61. The molecule has 0 saturated carbocycles. The Balaban J connectivity index is 1.90. The highest BCUT2D eigenvalue weighted by atomic mass is 16.5. The van der Waals surface area contributed by atoms with Gasteiger partial charge in [0.2, 0.25) is 0 Å². The van der Waals surface area contributed by atoms with Gasteiger partial charge in [-0.05, 0) is 30.3 Å². The lowest BCUT2D eigenvalue weighted by atomic mass is 10.2. The molecule has 1 amide bonds. The summed E-state index contributed by atoms with van der Waals surface area (Å²) in [7, 11) is 5.11. The van der Waals surface area contributed by atoms with Crippen LogP contribution in [0.15, 0.2) is 48.5 Å². The minimum Gasteiger partial charge on any atom is -0.493 e. The van der Waals surface area contributed by atoms with Crippen molar-refractivity contribution >= 4 is 11.6 Å². The van der Waals surface area contributed by atoms with Crippen LogP contribution in [0, 0.1) is 0 Å². The first-order valence-electron chi connectivity index (χ1n) is 7.42. The van der Waals surface area contributed by atoms with Crippen molar-refractivity contribution in [1.82, 2.24) is 5.32 Å². The van der Waals surface area contributed by atoms with E-state index in [1.807, 2.05) is 37.4 Å². The third kappa shape index (κ3) is 4.39. The van der Waals surface area contributed by atoms with Crippen LogP contribution in [0.1, 0.15) is 10.4 Å². The number of para-hydroxylation sites is 1. The topological polar surface area (TPSA) is 50.8 Å². The van der Waals surface area contributed by atoms with Gasteiger partial charge in [0, 0.05) is 31.4 Å². The number of hydrogen-bond acceptors (Lipinski definition) is 4. The van der Waals surface area contributed by atoms with Crippen molar-refractivity contribution in [1.29, 1.82) is 0 Å². The zero-order chi connectivity index (χ0) is 16.7. The Morgan fingerprint density at radius 3 is 2.39 bits per heavy atom. The number of nitrogens with zero attached hydrogens (tertiary/aromatic N) is 1. The van der Waals surface area contributed by atoms with E-state index in [4.69, 9.17) is 9.47 Å². The van der Waals surface area contributed by atoms with Gasteiger partial charge < -0.3 is 19.7 Å². The molecule has 0 heterocycles. The van der Waals surface area contributed by atoms with E-state index in [1.165, 1.54) is 0 Å². The Morgan fingerprint density at radius 1 is 1.04 bits per heavy atom. The molecule has 0 spiro atoms. The fourth-order valence-electron chi connectivity index (χ4n) is 2.23. The number of anilines is 1. The van der Waals surface area contributed by atoms with Gasteiger partial charge in [0.05, 0.1) is 14.2 Å². The third-order valence-corrected chi connectivity index (χ3v) is 3.58. The predicted molar refractivity (Wildman–Crippen MR) is 91.6 cm³/mol. The molecule has 0 bridgehead atoms. The molecule has 0 aliphatic heterocycles. The van der Waals surface area contributed by atoms with Crippen LogP contribution in [0.2, 0.25) is 0 Å². The van der Waals surface area contributed by atoms with Gasteiger partial charge in [-0.15, -0.1) is 0 Å². The molecule has 5 heteroatoms. The van der Waals surface area contributed by atoms with E-state index in [0.29, 0.717) is 23.6 Å². The maximum atomic E-state index is 12.2. The molecule has 0 unspecified atom stereocenters. The van der Waals surface area contributed by atoms with Crippen LogP contribution in [0.4, 0.5) is 5.69 Å². The molecule has 5 nitrogen and oxygen atoms in total. The van der Waals surface area contributed by atoms with E-state index in [9.17, 15) is 4.79 Å². The first-order valence-corrected chi connectivity index (χ1v) is 7.42. The van der Waals surface area contributed by atoms with Crippen LogP contribution in [-0.4, -0.2) is 40.3 Å². The largest absolute Gasteiger partial charge is 0.493 e. The molecule has 2 aromatic carbocycles. The van der Waals surface area contributed by atoms with Gasteiger partial charge in [-0.2, -0.15) is 0 Å². The number of carbonyl (C=O) groups is 1. The molecule has 0 atom stereocenters. The first-order chi connectivity index (χ1) is 11.2. The highest BCUT2D eigenvalue weighted by Crippen LogP contribution is 2.27. The lowest BCUT2D eigenvalue weighted by Gasteiger charge is -2.19. The van der Waals surface area contributed by atoms with Crippen molar-refractivity contribution < 1.29 is 14.3 Å². The molecule has 0 fully saturated rings. The van der Waals surface area contributed by atoms with E-state index < -0.39 is 0 Å². The Labute approximate surface area is 136 Å². The third-order valence-electron chi connectivity index (χ3n) is 3.58. The summed E-state index contributed by atoms with van der Waals surface area (Å²) in [5.74, 6) is 1.02. The number of likely N-dealkylation sites (N-methyl/N-ethyl adjacent to an activating group) is 1. The van der Waals surface area contributed by atoms with Gasteiger partial charge in [-0.3, -0.25) is 4.79 Å². The highest BCUT2D eigenvalue weighted by molar-refractivity contribution is 5.94. The summed E-state index contributed by atoms with van der Waals surface area (Å²) in [6.45, 7) is 1.28. The molecule has 2 rings (SSSR count). The summed E-state index contributed by atoms with van der Waals surface area (Å²) >= 11 is 0. The second-order valence-electron chi connectivity index (χ2n) is 5.08. The second-order valence-corrected chi connectivity index (χ2v) is 5.08. The number of ether oxygens (including phenoxy) is 2. The van der Waals surface area contributed by atoms with E-state index in [0.717, 1.165) is 12.2 Å². The lowest BCUT2D eigenvalue weighted by Crippen LogP contribution is -2.32. The quantitative estimate of drug-likeness (QED) is 0.853. The second kappa shape index (κ2) is 8.08. The number of hydrogen-bond donors (Lipinski definition) is 1. The molecular formula is C18H22N2O3. The summed E-state index contributed by atoms with van der Waals surface area (Å²) in [4.78, 5) is 14.3. The number of amides is 1. The van der Waals surface area contributed by atoms with Crippen molar-refractivity contribution in [2.75, 3.05) is 39.3 Å². The van der Waals surface area contributed by atoms with Crippen molar-refractivity contribution in [3.63, 3.8) is 0 Å². The van der Waals surface area contributed by atoms with E-state index in [-0.39, 0.29) is 5.91 Å². The monoisotopic (exact) mass is 314 g/mol. The smallest absolute Gasteiger partial charge is 0.251 e. The lowest BCUT2D eigenvalue weighted by molar-refractivity contribution is 0.0954. The highest BCUT2D eigenvalue weighted by Gasteiger charge is 2.10. The van der Waals surface area contributed by atoms with E-state index in [2.05, 4.69) is 10.2 Å². The summed E-state index contributed by atoms with van der Waals surface area (Å²) in [6.07, 6.45) is 0. The van der Waals surface area contributed by atoms with Crippen molar-refractivity contribution in [3.8, 4) is 11.5 Å². The number of benzene rings is 2. The van der Waals surface area contributed by atoms with Crippen LogP contribution in [0.25, 0.3) is 0 Å². The maximum absolute atomic E-state index is 12.2. The molecule has 0 saturated heterocycles. The van der Waals surface area contributed by atoms with Gasteiger partial charge >= 0.3 is 0 Å². The molecule has 122 valence electrons. The van der Waals surface area contributed by atoms with Gasteiger partial charge in [0.15, 0.2) is 11.5 Å². The normalized spacial score (nSPS) is 10.0. The van der Waals surface area contributed by atoms with Crippen LogP contribution < -0.4 is 19.7 Å². The van der Waals surface area contributed by atoms with Crippen LogP contribution in [0.3, 0.4) is 0 Å². The van der Waals surface area contributed by atoms with Gasteiger partial charge in [-0.25, -0.2) is 0 Å².